The number of carbonyl (C=O) groups excluding carboxylic acids is 1. The van der Waals surface area contributed by atoms with Crippen molar-refractivity contribution in [3.05, 3.63) is 24.3 Å². The van der Waals surface area contributed by atoms with Crippen molar-refractivity contribution in [1.29, 1.82) is 0 Å². The lowest BCUT2D eigenvalue weighted by Gasteiger charge is -2.17. The molecule has 0 saturated carbocycles. The Morgan fingerprint density at radius 3 is 2.37 bits per heavy atom. The molecule has 104 valence electrons. The molecule has 0 radical (unpaired) electrons. The maximum absolute atomic E-state index is 11.6. The molecule has 0 unspecified atom stereocenters. The fraction of sp³-hybridized carbons (Fsp3) is 0.385. The third kappa shape index (κ3) is 6.42. The van der Waals surface area contributed by atoms with Gasteiger partial charge in [0.2, 0.25) is 5.91 Å². The van der Waals surface area contributed by atoms with Crippen LogP contribution in [0.25, 0.3) is 0 Å². The lowest BCUT2D eigenvalue weighted by atomic mass is 10.0. The van der Waals surface area contributed by atoms with Gasteiger partial charge in [0.1, 0.15) is 5.75 Å². The van der Waals surface area contributed by atoms with E-state index < -0.39 is 18.1 Å². The third-order valence-electron chi connectivity index (χ3n) is 2.12. The average molecular weight is 266 g/mol. The molecule has 1 aromatic carbocycles. The summed E-state index contributed by atoms with van der Waals surface area (Å²) in [5, 5.41) is 11.2. The highest BCUT2D eigenvalue weighted by molar-refractivity contribution is 5.91. The smallest absolute Gasteiger partial charge is 0.341 e. The first kappa shape index (κ1) is 15.0. The van der Waals surface area contributed by atoms with Gasteiger partial charge in [-0.3, -0.25) is 4.79 Å². The number of rotatable bonds is 6. The standard InChI is InChI=1S/C13H18N2O4/c1-13(2,14)7-11(16)15-9-3-5-10(6-4-9)19-8-12(17)18/h3-6H,7-8,14H2,1-2H3,(H,15,16)(H,17,18). The summed E-state index contributed by atoms with van der Waals surface area (Å²) in [6.07, 6.45) is 0.213. The molecule has 6 heteroatoms. The van der Waals surface area contributed by atoms with Crippen molar-refractivity contribution in [3.63, 3.8) is 0 Å². The van der Waals surface area contributed by atoms with Crippen LogP contribution in [0.2, 0.25) is 0 Å². The molecule has 0 heterocycles. The van der Waals surface area contributed by atoms with Gasteiger partial charge in [0.05, 0.1) is 0 Å². The number of hydrogen-bond acceptors (Lipinski definition) is 4. The second-order valence-electron chi connectivity index (χ2n) is 4.92. The molecule has 1 rings (SSSR count). The van der Waals surface area contributed by atoms with Crippen LogP contribution in [0.3, 0.4) is 0 Å². The molecule has 19 heavy (non-hydrogen) atoms. The number of carboxylic acid groups (broad SMARTS) is 1. The molecule has 0 atom stereocenters. The van der Waals surface area contributed by atoms with E-state index in [1.54, 1.807) is 38.1 Å². The third-order valence-corrected chi connectivity index (χ3v) is 2.12. The Hall–Kier alpha value is -2.08. The highest BCUT2D eigenvalue weighted by atomic mass is 16.5. The number of nitrogens with two attached hydrogens (primary N) is 1. The lowest BCUT2D eigenvalue weighted by molar-refractivity contribution is -0.139. The maximum Gasteiger partial charge on any atom is 0.341 e. The van der Waals surface area contributed by atoms with Gasteiger partial charge < -0.3 is 20.9 Å². The molecule has 0 aliphatic rings. The summed E-state index contributed by atoms with van der Waals surface area (Å²) in [4.78, 5) is 22.0. The van der Waals surface area contributed by atoms with E-state index in [2.05, 4.69) is 5.32 Å². The summed E-state index contributed by atoms with van der Waals surface area (Å²) in [5.41, 5.74) is 5.79. The summed E-state index contributed by atoms with van der Waals surface area (Å²) in [7, 11) is 0. The normalized spacial score (nSPS) is 10.9. The Balaban J connectivity index is 2.52. The second kappa shape index (κ2) is 6.19. The van der Waals surface area contributed by atoms with Crippen molar-refractivity contribution in [2.45, 2.75) is 25.8 Å². The van der Waals surface area contributed by atoms with Gasteiger partial charge in [-0.05, 0) is 38.1 Å². The largest absolute Gasteiger partial charge is 0.482 e. The monoisotopic (exact) mass is 266 g/mol. The molecule has 0 spiro atoms. The van der Waals surface area contributed by atoms with E-state index in [0.717, 1.165) is 0 Å². The quantitative estimate of drug-likeness (QED) is 0.718. The second-order valence-corrected chi connectivity index (χ2v) is 4.92. The number of benzene rings is 1. The molecule has 0 aromatic heterocycles. The van der Waals surface area contributed by atoms with Gasteiger partial charge in [0.25, 0.3) is 0 Å². The highest BCUT2D eigenvalue weighted by Crippen LogP contribution is 2.16. The predicted octanol–water partition coefficient (Wildman–Crippen LogP) is 1.22. The minimum atomic E-state index is -1.04. The molecule has 0 saturated heterocycles. The van der Waals surface area contributed by atoms with Crippen molar-refractivity contribution in [2.75, 3.05) is 11.9 Å². The Kier molecular flexibility index (Phi) is 4.88. The number of carboxylic acids is 1. The maximum atomic E-state index is 11.6. The molecule has 0 aliphatic heterocycles. The summed E-state index contributed by atoms with van der Waals surface area (Å²) in [6.45, 7) is 3.15. The van der Waals surface area contributed by atoms with Crippen molar-refractivity contribution in [1.82, 2.24) is 0 Å². The minimum absolute atomic E-state index is 0.174. The van der Waals surface area contributed by atoms with E-state index in [9.17, 15) is 9.59 Å². The molecule has 0 bridgehead atoms. The molecule has 0 aliphatic carbocycles. The first-order chi connectivity index (χ1) is 8.76. The van der Waals surface area contributed by atoms with E-state index in [-0.39, 0.29) is 12.3 Å². The summed E-state index contributed by atoms with van der Waals surface area (Å²) >= 11 is 0. The van der Waals surface area contributed by atoms with Crippen LogP contribution in [0.1, 0.15) is 20.3 Å². The fourth-order valence-electron chi connectivity index (χ4n) is 1.40. The number of nitrogens with one attached hydrogen (secondary N) is 1. The summed E-state index contributed by atoms with van der Waals surface area (Å²) in [5.74, 6) is -0.784. The number of hydrogen-bond donors (Lipinski definition) is 3. The van der Waals surface area contributed by atoms with Crippen LogP contribution in [-0.2, 0) is 9.59 Å². The Bertz CT molecular complexity index is 449. The predicted molar refractivity (Wildman–Crippen MR) is 71.1 cm³/mol. The van der Waals surface area contributed by atoms with Crippen LogP contribution >= 0.6 is 0 Å². The molecule has 1 aromatic rings. The van der Waals surface area contributed by atoms with E-state index >= 15 is 0 Å². The summed E-state index contributed by atoms with van der Waals surface area (Å²) in [6, 6.07) is 6.45. The van der Waals surface area contributed by atoms with Gasteiger partial charge in [-0.1, -0.05) is 0 Å². The molecule has 6 nitrogen and oxygen atoms in total. The van der Waals surface area contributed by atoms with Gasteiger partial charge in [0, 0.05) is 17.6 Å². The van der Waals surface area contributed by atoms with Gasteiger partial charge >= 0.3 is 5.97 Å². The van der Waals surface area contributed by atoms with Gasteiger partial charge in [-0.2, -0.15) is 0 Å². The topological polar surface area (TPSA) is 102 Å². The zero-order chi connectivity index (χ0) is 14.5. The number of aliphatic carboxylic acids is 1. The molecular weight excluding hydrogens is 248 g/mol. The fourth-order valence-corrected chi connectivity index (χ4v) is 1.40. The van der Waals surface area contributed by atoms with E-state index in [1.807, 2.05) is 0 Å². The zero-order valence-electron chi connectivity index (χ0n) is 11.0. The van der Waals surface area contributed by atoms with E-state index in [1.165, 1.54) is 0 Å². The number of anilines is 1. The number of carbonyl (C=O) groups is 2. The Labute approximate surface area is 111 Å². The lowest BCUT2D eigenvalue weighted by Crippen LogP contribution is -2.36. The van der Waals surface area contributed by atoms with Crippen LogP contribution < -0.4 is 15.8 Å². The molecule has 4 N–H and O–H groups in total. The van der Waals surface area contributed by atoms with Crippen LogP contribution in [0.15, 0.2) is 24.3 Å². The highest BCUT2D eigenvalue weighted by Gasteiger charge is 2.16. The average Bonchev–Trinajstić information content (AvgIpc) is 2.25. The zero-order valence-corrected chi connectivity index (χ0v) is 11.0. The molecule has 0 fully saturated rings. The van der Waals surface area contributed by atoms with E-state index in [0.29, 0.717) is 11.4 Å². The minimum Gasteiger partial charge on any atom is -0.482 e. The molecular formula is C13H18N2O4. The van der Waals surface area contributed by atoms with Crippen molar-refractivity contribution >= 4 is 17.6 Å². The Morgan fingerprint density at radius 1 is 1.32 bits per heavy atom. The van der Waals surface area contributed by atoms with E-state index in [4.69, 9.17) is 15.6 Å². The summed E-state index contributed by atoms with van der Waals surface area (Å²) < 4.78 is 4.98. The number of ether oxygens (including phenoxy) is 1. The van der Waals surface area contributed by atoms with Crippen molar-refractivity contribution in [2.24, 2.45) is 5.73 Å². The van der Waals surface area contributed by atoms with Crippen molar-refractivity contribution in [3.8, 4) is 5.75 Å². The first-order valence-corrected chi connectivity index (χ1v) is 5.80. The van der Waals surface area contributed by atoms with Crippen LogP contribution in [-0.4, -0.2) is 29.1 Å². The SMILES string of the molecule is CC(C)(N)CC(=O)Nc1ccc(OCC(=O)O)cc1. The Morgan fingerprint density at radius 2 is 1.89 bits per heavy atom. The molecule has 1 amide bonds. The van der Waals surface area contributed by atoms with Gasteiger partial charge in [-0.15, -0.1) is 0 Å². The van der Waals surface area contributed by atoms with Crippen molar-refractivity contribution < 1.29 is 19.4 Å². The van der Waals surface area contributed by atoms with Crippen LogP contribution in [0.4, 0.5) is 5.69 Å². The van der Waals surface area contributed by atoms with Gasteiger partial charge in [-0.25, -0.2) is 4.79 Å². The first-order valence-electron chi connectivity index (χ1n) is 5.80. The number of amides is 1. The van der Waals surface area contributed by atoms with Gasteiger partial charge in [0.15, 0.2) is 6.61 Å². The van der Waals surface area contributed by atoms with Crippen LogP contribution in [0.5, 0.6) is 5.75 Å². The van der Waals surface area contributed by atoms with Crippen LogP contribution in [0, 0.1) is 0 Å².